The molecule has 8 heterocycles. The molecule has 24 nitrogen and oxygen atoms in total. The lowest BCUT2D eigenvalue weighted by Crippen LogP contribution is -2.51. The third-order valence-electron chi connectivity index (χ3n) is 25.6. The van der Waals surface area contributed by atoms with Gasteiger partial charge in [0.15, 0.2) is 46.0 Å². The van der Waals surface area contributed by atoms with E-state index < -0.39 is 82.4 Å². The molecule has 120 heavy (non-hydrogen) atoms. The standard InChI is InChI=1S/4C24H38N2O4/c4*1-14(2)9-17-13-26-8-7-16-10-21(28-5)22(29-6)11-18(16)19(26)12-20(17)30-24(27)23(25)15(3)4/h4*10-11,14-15,17,19-20,23H,7-9,12-13,25H2,1-6H3/t3*17-,19-,20+,23+;17-,19-,20+,23-/m1110/s1/i2*5D3;;1D3,5D3,9D2,14D/t3m;14?,17-,19-,20+,23-. The third-order valence-corrected chi connectivity index (χ3v) is 25.6. The van der Waals surface area contributed by atoms with Gasteiger partial charge in [0, 0.05) is 134 Å². The number of hydrogen-bond donors (Lipinski definition) is 4. The fourth-order valence-corrected chi connectivity index (χ4v) is 18.8. The second kappa shape index (κ2) is 43.9. The largest absolute Gasteiger partial charge is 0.493 e. The van der Waals surface area contributed by atoms with Crippen LogP contribution in [0.3, 0.4) is 0 Å². The van der Waals surface area contributed by atoms with Crippen molar-refractivity contribution in [3.8, 4) is 46.0 Å². The molecule has 0 aliphatic carbocycles. The van der Waals surface area contributed by atoms with E-state index in [1.165, 1.54) is 32.5 Å². The van der Waals surface area contributed by atoms with Crippen LogP contribution in [0.4, 0.5) is 0 Å². The predicted octanol–water partition coefficient (Wildman–Crippen LogP) is 14.3. The molecule has 0 bridgehead atoms. The minimum atomic E-state index is -2.93. The van der Waals surface area contributed by atoms with E-state index in [1.54, 1.807) is 52.3 Å². The van der Waals surface area contributed by atoms with Gasteiger partial charge in [-0.15, -0.1) is 0 Å². The first-order valence-electron chi connectivity index (χ1n) is 51.0. The van der Waals surface area contributed by atoms with Gasteiger partial charge in [-0.25, -0.2) is 0 Å². The fraction of sp³-hybridized carbons (Fsp3) is 0.708. The van der Waals surface area contributed by atoms with Crippen LogP contribution in [0.15, 0.2) is 48.5 Å². The van der Waals surface area contributed by atoms with Crippen molar-refractivity contribution in [2.75, 3.05) is 109 Å². The number of carbonyl (C=O) groups excluding carboxylic acids is 4. The average molecular weight is 1690 g/mol. The monoisotopic (exact) mass is 1690 g/mol. The molecule has 17 atom stereocenters. The first-order chi connectivity index (χ1) is 62.7. The number of esters is 4. The normalized spacial score (nSPS) is 27.8. The zero-order chi connectivity index (χ0) is 101. The number of methoxy groups -OCH3 is 8. The SMILES string of the molecule is COc1cc2c(cc1OC)[C@H]1C[C@H](OC(=O)[C@@H](N)C(C)C)[C@H](CC(C)C)CN1CC2.[2H]C([2H])([2H])Oc1cc2c(cc1OC)[C@@H]1C[C@@H](OC(=O)[C@@H](N)C(C)C)[C@@H](C([2H])([2H])C([2H])(C)C([2H])([2H])[2H])CN1CC2.[2H]C([2H])([2H])Oc1cc2c(cc1OC)[C@H]1C[C@H](OC(=O)[C@@H](N)C(C)C)[C@H](CC(C)C)CN1CC2.[2H]C([2H])([2H])Oc1cc2c(cc1OC)[C@H]1C[C@H](OC(=O)[C@@H](N)C(C)C)[C@H](CC(C)C)CN1CC2. The average Bonchev–Trinajstić information content (AvgIpc) is 0.737. The minimum absolute atomic E-state index is 0.0115. The molecule has 4 aromatic carbocycles. The molecule has 0 radical (unpaired) electrons. The van der Waals surface area contributed by atoms with Crippen LogP contribution in [-0.4, -0.2) is 201 Å². The number of ether oxygens (including phenoxy) is 12. The molecule has 8 N–H and O–H groups in total. The molecule has 0 spiro atoms. The number of hydrogen-bond acceptors (Lipinski definition) is 24. The first kappa shape index (κ1) is 76.5. The molecular weight excluding hydrogens is 1520 g/mol. The summed E-state index contributed by atoms with van der Waals surface area (Å²) in [7, 11) is -0.0321. The van der Waals surface area contributed by atoms with Gasteiger partial charge in [0.05, 0.1) is 69.0 Å². The minimum Gasteiger partial charge on any atom is -0.493 e. The van der Waals surface area contributed by atoms with Crippen molar-refractivity contribution in [3.63, 3.8) is 0 Å². The first-order valence-corrected chi connectivity index (χ1v) is 43.5. The number of fused-ring (bicyclic) bond motifs is 12. The Labute approximate surface area is 739 Å². The summed E-state index contributed by atoms with van der Waals surface area (Å²) in [6.45, 7) is 32.3. The van der Waals surface area contributed by atoms with Crippen molar-refractivity contribution in [1.29, 1.82) is 0 Å². The maximum Gasteiger partial charge on any atom is 0.323 e. The molecule has 8 aliphatic rings. The second-order valence-corrected chi connectivity index (χ2v) is 36.8. The molecule has 0 amide bonds. The summed E-state index contributed by atoms with van der Waals surface area (Å²) in [4.78, 5) is 60.5. The van der Waals surface area contributed by atoms with Crippen molar-refractivity contribution in [3.05, 3.63) is 93.0 Å². The maximum atomic E-state index is 12.9. The van der Waals surface area contributed by atoms with Crippen molar-refractivity contribution in [2.24, 2.45) is 93.9 Å². The Morgan fingerprint density at radius 1 is 0.358 bits per heavy atom. The molecule has 12 rings (SSSR count). The number of nitrogens with two attached hydrogens (primary N) is 4. The van der Waals surface area contributed by atoms with E-state index in [4.69, 9.17) is 100 Å². The van der Waals surface area contributed by atoms with Gasteiger partial charge < -0.3 is 79.8 Å². The lowest BCUT2D eigenvalue weighted by Gasteiger charge is -2.47. The maximum absolute atomic E-state index is 12.9. The van der Waals surface area contributed by atoms with E-state index in [0.29, 0.717) is 61.0 Å². The van der Waals surface area contributed by atoms with Crippen LogP contribution in [0, 0.1) is 71.0 Å². The van der Waals surface area contributed by atoms with Gasteiger partial charge >= 0.3 is 23.9 Å². The Morgan fingerprint density at radius 3 is 0.783 bits per heavy atom. The zero-order valence-corrected chi connectivity index (χ0v) is 75.0. The van der Waals surface area contributed by atoms with Crippen LogP contribution in [-0.2, 0) is 63.8 Å². The molecule has 4 fully saturated rings. The molecule has 1 unspecified atom stereocenters. The Morgan fingerprint density at radius 2 is 0.575 bits per heavy atom. The van der Waals surface area contributed by atoms with Gasteiger partial charge in [-0.1, -0.05) is 111 Å². The van der Waals surface area contributed by atoms with Crippen LogP contribution in [0.5, 0.6) is 46.0 Å². The molecule has 24 heteroatoms. The van der Waals surface area contributed by atoms with Crippen LogP contribution >= 0.6 is 0 Å². The summed E-state index contributed by atoms with van der Waals surface area (Å²) in [6, 6.07) is 12.0. The van der Waals surface area contributed by atoms with E-state index in [-0.39, 0.29) is 132 Å². The number of carbonyl (C=O) groups is 4. The van der Waals surface area contributed by atoms with Crippen molar-refractivity contribution in [2.45, 2.75) is 260 Å². The summed E-state index contributed by atoms with van der Waals surface area (Å²) in [5.41, 5.74) is 32.7. The molecule has 672 valence electrons. The van der Waals surface area contributed by atoms with Crippen molar-refractivity contribution >= 4 is 23.9 Å². The lowest BCUT2D eigenvalue weighted by atomic mass is 9.79. The quantitative estimate of drug-likeness (QED) is 0.0303. The van der Waals surface area contributed by atoms with E-state index in [9.17, 15) is 19.2 Å². The highest BCUT2D eigenvalue weighted by molar-refractivity contribution is 5.77. The van der Waals surface area contributed by atoms with Crippen LogP contribution in [0.1, 0.15) is 251 Å². The molecule has 4 aromatic rings. The van der Waals surface area contributed by atoms with Crippen molar-refractivity contribution < 1.29 is 96.6 Å². The molecule has 0 aromatic heterocycles. The highest BCUT2D eigenvalue weighted by Crippen LogP contribution is 2.50. The van der Waals surface area contributed by atoms with E-state index in [1.807, 2.05) is 58.6 Å². The Hall–Kier alpha value is -7.16. The van der Waals surface area contributed by atoms with Gasteiger partial charge in [0.25, 0.3) is 0 Å². The number of rotatable bonds is 28. The van der Waals surface area contributed by atoms with Crippen LogP contribution < -0.4 is 60.8 Å². The molecule has 0 saturated carbocycles. The summed E-state index contributed by atoms with van der Waals surface area (Å²) < 4.78 is 184. The highest BCUT2D eigenvalue weighted by atomic mass is 16.6. The van der Waals surface area contributed by atoms with Crippen LogP contribution in [0.2, 0.25) is 0 Å². The highest BCUT2D eigenvalue weighted by Gasteiger charge is 2.47. The van der Waals surface area contributed by atoms with E-state index in [2.05, 4.69) is 68.4 Å². The number of piperidine rings is 4. The fourth-order valence-electron chi connectivity index (χ4n) is 18.8. The smallest absolute Gasteiger partial charge is 0.323 e. The summed E-state index contributed by atoms with van der Waals surface area (Å²) >= 11 is 0. The van der Waals surface area contributed by atoms with E-state index >= 15 is 0 Å². The Bertz CT molecular complexity index is 4490. The zero-order valence-electron chi connectivity index (χ0n) is 90.0. The molecule has 8 aliphatic heterocycles. The van der Waals surface area contributed by atoms with Gasteiger partial charge in [-0.2, -0.15) is 0 Å². The lowest BCUT2D eigenvalue weighted by molar-refractivity contribution is -0.161. The van der Waals surface area contributed by atoms with Gasteiger partial charge in [-0.05, 0) is 192 Å². The number of nitrogens with zero attached hydrogens (tertiary/aromatic N) is 4. The topological polar surface area (TPSA) is 296 Å². The summed E-state index contributed by atoms with van der Waals surface area (Å²) in [5.74, 6) is -0.0710. The van der Waals surface area contributed by atoms with Gasteiger partial charge in [0.1, 0.15) is 48.6 Å². The van der Waals surface area contributed by atoms with Crippen molar-refractivity contribution in [1.82, 2.24) is 19.6 Å². The van der Waals surface area contributed by atoms with E-state index in [0.717, 1.165) is 136 Å². The predicted molar refractivity (Wildman–Crippen MR) is 471 cm³/mol. The summed E-state index contributed by atoms with van der Waals surface area (Å²) in [6.07, 6.45) is 4.10. The Balaban J connectivity index is 0.000000203. The van der Waals surface area contributed by atoms with Gasteiger partial charge in [0.2, 0.25) is 0 Å². The molecular formula is C96H152N8O16. The van der Waals surface area contributed by atoms with Crippen LogP contribution in [0.25, 0.3) is 0 Å². The summed E-state index contributed by atoms with van der Waals surface area (Å²) in [5, 5.41) is 0. The Kier molecular flexibility index (Phi) is 28.0. The number of benzene rings is 4. The third kappa shape index (κ3) is 23.8. The molecule has 4 saturated heterocycles. The second-order valence-electron chi connectivity index (χ2n) is 36.8. The van der Waals surface area contributed by atoms with Gasteiger partial charge in [-0.3, -0.25) is 38.8 Å².